The monoisotopic (exact) mass is 316 g/mol. The fraction of sp³-hybridized carbons (Fsp3) is 0.769. The molecule has 0 aromatic carbocycles. The Morgan fingerprint density at radius 1 is 1.52 bits per heavy atom. The lowest BCUT2D eigenvalue weighted by Crippen LogP contribution is -2.45. The van der Waals surface area contributed by atoms with Crippen molar-refractivity contribution in [3.63, 3.8) is 0 Å². The molecule has 0 radical (unpaired) electrons. The Morgan fingerprint density at radius 3 is 2.76 bits per heavy atom. The number of hydrogen-bond donors (Lipinski definition) is 1. The van der Waals surface area contributed by atoms with Gasteiger partial charge in [-0.2, -0.15) is 5.26 Å². The minimum Gasteiger partial charge on any atom is -0.404 e. The van der Waals surface area contributed by atoms with Crippen molar-refractivity contribution >= 4 is 7.82 Å². The number of hydrogen-bond acceptors (Lipinski definition) is 7. The first-order valence-electron chi connectivity index (χ1n) is 7.17. The van der Waals surface area contributed by atoms with Crippen LogP contribution in [0, 0.1) is 17.4 Å². The molecule has 0 aromatic rings. The maximum absolute atomic E-state index is 12.5. The quantitative estimate of drug-likeness (QED) is 0.594. The maximum atomic E-state index is 12.5. The smallest absolute Gasteiger partial charge is 0.404 e. The average molecular weight is 316 g/mol. The maximum Gasteiger partial charge on any atom is 0.529 e. The van der Waals surface area contributed by atoms with E-state index in [9.17, 15) is 9.67 Å². The van der Waals surface area contributed by atoms with Crippen LogP contribution < -0.4 is 0 Å². The van der Waals surface area contributed by atoms with E-state index in [0.29, 0.717) is 13.0 Å². The Morgan fingerprint density at radius 2 is 2.19 bits per heavy atom. The minimum absolute atomic E-state index is 0.100. The van der Waals surface area contributed by atoms with Crippen molar-refractivity contribution in [3.05, 3.63) is 12.0 Å². The molecular weight excluding hydrogens is 295 g/mol. The second kappa shape index (κ2) is 6.37. The summed E-state index contributed by atoms with van der Waals surface area (Å²) in [7, 11) is -3.78. The fourth-order valence-electron chi connectivity index (χ4n) is 2.87. The molecule has 1 aliphatic carbocycles. The van der Waals surface area contributed by atoms with E-state index >= 15 is 0 Å². The van der Waals surface area contributed by atoms with E-state index in [4.69, 9.17) is 18.8 Å². The molecule has 1 fully saturated rings. The van der Waals surface area contributed by atoms with Gasteiger partial charge in [-0.1, -0.05) is 0 Å². The molecule has 1 N–H and O–H groups in total. The summed E-state index contributed by atoms with van der Waals surface area (Å²) in [5.74, 6) is -0.0168. The molecule has 8 heteroatoms. The molecule has 0 aromatic heterocycles. The van der Waals surface area contributed by atoms with Gasteiger partial charge in [0.25, 0.3) is 0 Å². The van der Waals surface area contributed by atoms with Gasteiger partial charge in [-0.05, 0) is 33.1 Å². The minimum atomic E-state index is -3.78. The zero-order valence-corrected chi connectivity index (χ0v) is 13.2. The van der Waals surface area contributed by atoms with Crippen molar-refractivity contribution in [2.24, 2.45) is 5.92 Å². The summed E-state index contributed by atoms with van der Waals surface area (Å²) < 4.78 is 28.1. The summed E-state index contributed by atoms with van der Waals surface area (Å²) in [5, 5.41) is 19.9. The molecule has 21 heavy (non-hydrogen) atoms. The molecule has 0 saturated heterocycles. The Kier molecular flexibility index (Phi) is 4.95. The van der Waals surface area contributed by atoms with Gasteiger partial charge >= 0.3 is 7.82 Å². The standard InChI is InChI=1S/C13H21N2O5P/c1-3-18-21(17,19-4-2)20-12-9-15(10-14)8-11-6-5-7-13(11,12)16/h9,11,16H,3-8H2,1-2H3/t11-,13-/m1/s1. The van der Waals surface area contributed by atoms with Crippen LogP contribution in [-0.2, 0) is 18.1 Å². The van der Waals surface area contributed by atoms with Crippen molar-refractivity contribution in [3.8, 4) is 6.19 Å². The molecule has 118 valence electrons. The number of aliphatic hydroxyl groups is 1. The largest absolute Gasteiger partial charge is 0.529 e. The number of rotatable bonds is 6. The van der Waals surface area contributed by atoms with Crippen LogP contribution in [0.1, 0.15) is 33.1 Å². The van der Waals surface area contributed by atoms with E-state index in [0.717, 1.165) is 12.8 Å². The molecule has 0 unspecified atom stereocenters. The summed E-state index contributed by atoms with van der Waals surface area (Å²) in [4.78, 5) is 1.38. The van der Waals surface area contributed by atoms with Crippen LogP contribution in [0.5, 0.6) is 0 Å². The number of phosphoric acid groups is 1. The molecule has 1 aliphatic heterocycles. The van der Waals surface area contributed by atoms with Crippen molar-refractivity contribution < 1.29 is 23.2 Å². The third-order valence-electron chi connectivity index (χ3n) is 3.82. The normalized spacial score (nSPS) is 28.8. The van der Waals surface area contributed by atoms with Gasteiger partial charge in [0, 0.05) is 12.5 Å². The van der Waals surface area contributed by atoms with Crippen molar-refractivity contribution in [2.45, 2.75) is 38.7 Å². The van der Waals surface area contributed by atoms with E-state index < -0.39 is 13.4 Å². The van der Waals surface area contributed by atoms with Crippen molar-refractivity contribution in [2.75, 3.05) is 19.8 Å². The number of nitrogens with zero attached hydrogens (tertiary/aromatic N) is 2. The predicted octanol–water partition coefficient (Wildman–Crippen LogP) is 2.35. The van der Waals surface area contributed by atoms with Gasteiger partial charge in [-0.15, -0.1) is 0 Å². The molecule has 2 rings (SSSR count). The SMILES string of the molecule is CCOP(=O)(OCC)OC1=CN(C#N)C[C@H]2CCC[C@]12O. The molecule has 1 saturated carbocycles. The van der Waals surface area contributed by atoms with Crippen LogP contribution in [0.15, 0.2) is 12.0 Å². The van der Waals surface area contributed by atoms with Crippen molar-refractivity contribution in [1.82, 2.24) is 4.90 Å². The van der Waals surface area contributed by atoms with Gasteiger partial charge < -0.3 is 9.63 Å². The molecule has 7 nitrogen and oxygen atoms in total. The molecule has 2 atom stereocenters. The summed E-state index contributed by atoms with van der Waals surface area (Å²) in [5.41, 5.74) is -1.20. The van der Waals surface area contributed by atoms with E-state index in [1.807, 2.05) is 6.19 Å². The van der Waals surface area contributed by atoms with Gasteiger partial charge in [0.05, 0.1) is 19.4 Å². The van der Waals surface area contributed by atoms with Gasteiger partial charge in [0.15, 0.2) is 12.0 Å². The molecule has 1 heterocycles. The summed E-state index contributed by atoms with van der Waals surface area (Å²) >= 11 is 0. The lowest BCUT2D eigenvalue weighted by atomic mass is 9.86. The number of fused-ring (bicyclic) bond motifs is 1. The van der Waals surface area contributed by atoms with Gasteiger partial charge in [0.2, 0.25) is 0 Å². The van der Waals surface area contributed by atoms with Crippen LogP contribution in [0.2, 0.25) is 0 Å². The third kappa shape index (κ3) is 3.24. The summed E-state index contributed by atoms with van der Waals surface area (Å²) in [6.07, 6.45) is 5.54. The second-order valence-electron chi connectivity index (χ2n) is 5.13. The second-order valence-corrected chi connectivity index (χ2v) is 6.73. The Labute approximate surface area is 124 Å². The summed E-state index contributed by atoms with van der Waals surface area (Å²) in [6, 6.07) is 0. The number of phosphoric ester groups is 1. The number of nitriles is 1. The molecule has 0 spiro atoms. The molecule has 0 amide bonds. The van der Waals surface area contributed by atoms with Crippen LogP contribution in [0.25, 0.3) is 0 Å². The van der Waals surface area contributed by atoms with Gasteiger partial charge in [-0.3, -0.25) is 13.9 Å². The van der Waals surface area contributed by atoms with Crippen molar-refractivity contribution in [1.29, 1.82) is 5.26 Å². The highest BCUT2D eigenvalue weighted by Gasteiger charge is 2.51. The first-order valence-corrected chi connectivity index (χ1v) is 8.63. The topological polar surface area (TPSA) is 92.0 Å². The first-order chi connectivity index (χ1) is 9.97. The molecular formula is C13H21N2O5P. The Hall–Kier alpha value is -1.06. The third-order valence-corrected chi connectivity index (χ3v) is 5.38. The van der Waals surface area contributed by atoms with Crippen LogP contribution in [0.3, 0.4) is 0 Å². The van der Waals surface area contributed by atoms with E-state index in [1.165, 1.54) is 11.1 Å². The lowest BCUT2D eigenvalue weighted by Gasteiger charge is -2.38. The van der Waals surface area contributed by atoms with Crippen LogP contribution in [0.4, 0.5) is 0 Å². The first kappa shape index (κ1) is 16.3. The highest BCUT2D eigenvalue weighted by molar-refractivity contribution is 7.48. The van der Waals surface area contributed by atoms with E-state index in [-0.39, 0.29) is 24.9 Å². The highest BCUT2D eigenvalue weighted by atomic mass is 31.2. The highest BCUT2D eigenvalue weighted by Crippen LogP contribution is 2.56. The average Bonchev–Trinajstić information content (AvgIpc) is 2.81. The lowest BCUT2D eigenvalue weighted by molar-refractivity contribution is -0.0207. The summed E-state index contributed by atoms with van der Waals surface area (Å²) in [6.45, 7) is 4.12. The van der Waals surface area contributed by atoms with Crippen LogP contribution in [-0.4, -0.2) is 35.4 Å². The fourth-order valence-corrected chi connectivity index (χ4v) is 4.13. The molecule has 2 aliphatic rings. The molecule has 0 bridgehead atoms. The van der Waals surface area contributed by atoms with Crippen LogP contribution >= 0.6 is 7.82 Å². The van der Waals surface area contributed by atoms with E-state index in [1.54, 1.807) is 13.8 Å². The zero-order valence-electron chi connectivity index (χ0n) is 12.3. The Balaban J connectivity index is 2.28. The zero-order chi connectivity index (χ0) is 15.5. The van der Waals surface area contributed by atoms with E-state index in [2.05, 4.69) is 0 Å². The van der Waals surface area contributed by atoms with Gasteiger partial charge in [-0.25, -0.2) is 4.57 Å². The Bertz CT molecular complexity index is 493. The predicted molar refractivity (Wildman–Crippen MR) is 74.6 cm³/mol. The van der Waals surface area contributed by atoms with Gasteiger partial charge in [0.1, 0.15) is 5.60 Å².